The predicted molar refractivity (Wildman–Crippen MR) is 62.7 cm³/mol. The molecule has 0 amide bonds. The van der Waals surface area contributed by atoms with Crippen LogP contribution in [0, 0.1) is 0 Å². The van der Waals surface area contributed by atoms with Crippen molar-refractivity contribution < 1.29 is 19.5 Å². The van der Waals surface area contributed by atoms with E-state index in [4.69, 9.17) is 0 Å². The van der Waals surface area contributed by atoms with Gasteiger partial charge >= 0.3 is 0 Å². The Morgan fingerprint density at radius 2 is 1.93 bits per heavy atom. The van der Waals surface area contributed by atoms with Gasteiger partial charge in [0.05, 0.1) is 5.25 Å². The van der Waals surface area contributed by atoms with Crippen molar-refractivity contribution in [2.24, 2.45) is 0 Å². The van der Waals surface area contributed by atoms with Crippen molar-refractivity contribution in [3.05, 3.63) is 46.9 Å². The summed E-state index contributed by atoms with van der Waals surface area (Å²) in [5.74, 6) is 0. The largest absolute Gasteiger partial charge is 0.0767 e. The fraction of sp³-hybridized carbons (Fsp3) is 0.273. The van der Waals surface area contributed by atoms with Crippen molar-refractivity contribution in [2.45, 2.75) is 18.6 Å². The Labute approximate surface area is 106 Å². The van der Waals surface area contributed by atoms with Gasteiger partial charge in [0.25, 0.3) is 0 Å². The van der Waals surface area contributed by atoms with Crippen LogP contribution in [-0.2, 0) is 19.5 Å². The zero-order valence-corrected chi connectivity index (χ0v) is 12.9. The second-order valence-corrected chi connectivity index (χ2v) is 5.28. The zero-order valence-electron chi connectivity index (χ0n) is 8.27. The van der Waals surface area contributed by atoms with Gasteiger partial charge in [0.1, 0.15) is 0 Å². The normalized spacial score (nSPS) is 20.1. The maximum Gasteiger partial charge on any atom is 0.0621 e. The molecular weight excluding hydrogens is 262 g/mol. The molecule has 3 heteroatoms. The number of benzene rings is 1. The van der Waals surface area contributed by atoms with E-state index in [0.29, 0.717) is 5.25 Å². The molecule has 0 saturated heterocycles. The first-order valence-corrected chi connectivity index (χ1v) is 6.75. The second kappa shape index (κ2) is 6.00. The molecule has 1 heterocycles. The Kier molecular flexibility index (Phi) is 5.29. The van der Waals surface area contributed by atoms with Gasteiger partial charge in [0.2, 0.25) is 0 Å². The SMILES string of the molecule is CCC1=CSSC1c1ccccc1.[Zn]. The van der Waals surface area contributed by atoms with E-state index < -0.39 is 0 Å². The van der Waals surface area contributed by atoms with E-state index in [-0.39, 0.29) is 19.5 Å². The maximum absolute atomic E-state index is 2.29. The quantitative estimate of drug-likeness (QED) is 0.578. The molecule has 0 fully saturated rings. The third kappa shape index (κ3) is 2.65. The third-order valence-electron chi connectivity index (χ3n) is 2.20. The molecular formula is C11H12S2Zn. The standard InChI is InChI=1S/C11H12S2.Zn/c1-2-9-8-12-13-11(9)10-6-4-3-5-7-10;/h3-8,11H,2H2,1H3;. The monoisotopic (exact) mass is 272 g/mol. The summed E-state index contributed by atoms with van der Waals surface area (Å²) in [7, 11) is 3.82. The summed E-state index contributed by atoms with van der Waals surface area (Å²) in [6.45, 7) is 2.23. The molecule has 1 aromatic carbocycles. The number of hydrogen-bond acceptors (Lipinski definition) is 2. The topological polar surface area (TPSA) is 0 Å². The van der Waals surface area contributed by atoms with E-state index in [2.05, 4.69) is 42.7 Å². The van der Waals surface area contributed by atoms with Gasteiger partial charge in [0, 0.05) is 19.5 Å². The summed E-state index contributed by atoms with van der Waals surface area (Å²) < 4.78 is 0. The van der Waals surface area contributed by atoms with E-state index in [1.807, 2.05) is 21.6 Å². The Hall–Kier alpha value is 0.283. The Bertz CT molecular complexity index is 308. The first-order valence-electron chi connectivity index (χ1n) is 4.48. The first kappa shape index (κ1) is 12.4. The van der Waals surface area contributed by atoms with Gasteiger partial charge in [0.15, 0.2) is 0 Å². The van der Waals surface area contributed by atoms with E-state index in [1.165, 1.54) is 12.0 Å². The molecule has 70 valence electrons. The number of rotatable bonds is 2. The van der Waals surface area contributed by atoms with Gasteiger partial charge in [-0.1, -0.05) is 58.8 Å². The van der Waals surface area contributed by atoms with Crippen LogP contribution in [0.3, 0.4) is 0 Å². The Morgan fingerprint density at radius 1 is 1.21 bits per heavy atom. The van der Waals surface area contributed by atoms with E-state index in [9.17, 15) is 0 Å². The van der Waals surface area contributed by atoms with Crippen molar-refractivity contribution in [1.82, 2.24) is 0 Å². The molecule has 1 aliphatic heterocycles. The van der Waals surface area contributed by atoms with Crippen molar-refractivity contribution in [2.75, 3.05) is 0 Å². The van der Waals surface area contributed by atoms with Gasteiger partial charge in [-0.25, -0.2) is 0 Å². The molecule has 0 spiro atoms. The summed E-state index contributed by atoms with van der Waals surface area (Å²) in [6.07, 6.45) is 1.17. The molecule has 0 aromatic heterocycles. The second-order valence-electron chi connectivity index (χ2n) is 3.03. The molecule has 1 atom stereocenters. The summed E-state index contributed by atoms with van der Waals surface area (Å²) in [6, 6.07) is 10.7. The molecule has 0 saturated carbocycles. The Balaban J connectivity index is 0.000000980. The van der Waals surface area contributed by atoms with Crippen molar-refractivity contribution in [3.63, 3.8) is 0 Å². The maximum atomic E-state index is 2.29. The minimum Gasteiger partial charge on any atom is -0.0767 e. The molecule has 14 heavy (non-hydrogen) atoms. The molecule has 0 aliphatic carbocycles. The van der Waals surface area contributed by atoms with E-state index >= 15 is 0 Å². The molecule has 0 N–H and O–H groups in total. The minimum atomic E-state index is 0. The van der Waals surface area contributed by atoms with Crippen LogP contribution in [0.25, 0.3) is 0 Å². The van der Waals surface area contributed by atoms with Crippen molar-refractivity contribution >= 4 is 21.6 Å². The molecule has 0 radical (unpaired) electrons. The van der Waals surface area contributed by atoms with Gasteiger partial charge in [-0.05, 0) is 23.0 Å². The van der Waals surface area contributed by atoms with Crippen molar-refractivity contribution in [1.29, 1.82) is 0 Å². The molecule has 0 nitrogen and oxygen atoms in total. The van der Waals surface area contributed by atoms with Crippen LogP contribution >= 0.6 is 21.6 Å². The first-order chi connectivity index (χ1) is 6.42. The van der Waals surface area contributed by atoms with Crippen LogP contribution in [0.1, 0.15) is 24.2 Å². The fourth-order valence-corrected chi connectivity index (χ4v) is 4.32. The molecule has 1 unspecified atom stereocenters. The summed E-state index contributed by atoms with van der Waals surface area (Å²) in [5, 5.41) is 2.89. The van der Waals surface area contributed by atoms with Gasteiger partial charge in [-0.2, -0.15) is 0 Å². The third-order valence-corrected chi connectivity index (χ3v) is 4.68. The summed E-state index contributed by atoms with van der Waals surface area (Å²) in [4.78, 5) is 0. The van der Waals surface area contributed by atoms with Crippen LogP contribution in [0.5, 0.6) is 0 Å². The summed E-state index contributed by atoms with van der Waals surface area (Å²) >= 11 is 0. The van der Waals surface area contributed by atoms with Crippen LogP contribution in [-0.4, -0.2) is 0 Å². The van der Waals surface area contributed by atoms with Crippen LogP contribution in [0.2, 0.25) is 0 Å². The minimum absolute atomic E-state index is 0. The average molecular weight is 274 g/mol. The average Bonchev–Trinajstić information content (AvgIpc) is 2.67. The van der Waals surface area contributed by atoms with E-state index in [1.54, 1.807) is 5.57 Å². The van der Waals surface area contributed by atoms with Crippen LogP contribution < -0.4 is 0 Å². The predicted octanol–water partition coefficient (Wildman–Crippen LogP) is 4.41. The van der Waals surface area contributed by atoms with Crippen LogP contribution in [0.15, 0.2) is 41.3 Å². The van der Waals surface area contributed by atoms with Gasteiger partial charge in [-0.3, -0.25) is 0 Å². The Morgan fingerprint density at radius 3 is 2.57 bits per heavy atom. The summed E-state index contributed by atoms with van der Waals surface area (Å²) in [5.41, 5.74) is 2.99. The molecule has 1 aromatic rings. The smallest absolute Gasteiger partial charge is 0.0621 e. The van der Waals surface area contributed by atoms with Crippen molar-refractivity contribution in [3.8, 4) is 0 Å². The van der Waals surface area contributed by atoms with Gasteiger partial charge < -0.3 is 0 Å². The zero-order chi connectivity index (χ0) is 9.10. The molecule has 0 bridgehead atoms. The molecule has 2 rings (SSSR count). The fourth-order valence-electron chi connectivity index (χ4n) is 1.43. The van der Waals surface area contributed by atoms with Gasteiger partial charge in [-0.15, -0.1) is 0 Å². The number of hydrogen-bond donors (Lipinski definition) is 0. The van der Waals surface area contributed by atoms with Crippen LogP contribution in [0.4, 0.5) is 0 Å². The molecule has 1 aliphatic rings. The van der Waals surface area contributed by atoms with E-state index in [0.717, 1.165) is 0 Å².